The van der Waals surface area contributed by atoms with E-state index in [0.717, 1.165) is 35.3 Å². The monoisotopic (exact) mass is 259 g/mol. The fourth-order valence-electron chi connectivity index (χ4n) is 2.09. The first kappa shape index (κ1) is 11.3. The van der Waals surface area contributed by atoms with Gasteiger partial charge in [-0.3, -0.25) is 4.99 Å². The Labute approximate surface area is 110 Å². The molecule has 2 aliphatic heterocycles. The van der Waals surface area contributed by atoms with Crippen LogP contribution in [-0.4, -0.2) is 39.8 Å². The first-order chi connectivity index (χ1) is 8.88. The van der Waals surface area contributed by atoms with Crippen LogP contribution < -0.4 is 0 Å². The molecule has 1 saturated heterocycles. The van der Waals surface area contributed by atoms with Gasteiger partial charge in [0.15, 0.2) is 5.17 Å². The smallest absolute Gasteiger partial charge is 0.163 e. The average molecular weight is 259 g/mol. The summed E-state index contributed by atoms with van der Waals surface area (Å²) >= 11 is 1.74. The Kier molecular flexibility index (Phi) is 3.06. The lowest BCUT2D eigenvalue weighted by atomic mass is 10.1. The van der Waals surface area contributed by atoms with E-state index < -0.39 is 0 Å². The van der Waals surface area contributed by atoms with Gasteiger partial charge in [-0.25, -0.2) is 0 Å². The molecule has 92 valence electrons. The molecule has 0 aromatic heterocycles. The van der Waals surface area contributed by atoms with Gasteiger partial charge in [0.2, 0.25) is 0 Å². The van der Waals surface area contributed by atoms with Crippen molar-refractivity contribution >= 4 is 22.6 Å². The van der Waals surface area contributed by atoms with Gasteiger partial charge in [-0.15, -0.1) is 0 Å². The van der Waals surface area contributed by atoms with E-state index >= 15 is 0 Å². The molecule has 1 aromatic carbocycles. The summed E-state index contributed by atoms with van der Waals surface area (Å²) in [5.74, 6) is 0.894. The number of thioether (sulfide) groups is 1. The van der Waals surface area contributed by atoms with Crippen molar-refractivity contribution in [1.82, 2.24) is 4.90 Å². The normalized spacial score (nSPS) is 21.3. The molecule has 5 heteroatoms. The molecule has 0 amide bonds. The van der Waals surface area contributed by atoms with E-state index in [1.807, 2.05) is 36.4 Å². The van der Waals surface area contributed by atoms with E-state index in [2.05, 4.69) is 15.0 Å². The van der Waals surface area contributed by atoms with Crippen molar-refractivity contribution in [3.05, 3.63) is 47.7 Å². The van der Waals surface area contributed by atoms with Crippen LogP contribution in [0.4, 0.5) is 0 Å². The van der Waals surface area contributed by atoms with Gasteiger partial charge >= 0.3 is 0 Å². The Balaban J connectivity index is 1.89. The van der Waals surface area contributed by atoms with Crippen molar-refractivity contribution in [2.45, 2.75) is 0 Å². The molecule has 0 atom stereocenters. The summed E-state index contributed by atoms with van der Waals surface area (Å²) in [5, 5.41) is 13.7. The van der Waals surface area contributed by atoms with Crippen molar-refractivity contribution in [2.75, 3.05) is 18.8 Å². The summed E-state index contributed by atoms with van der Waals surface area (Å²) < 4.78 is 0. The molecular formula is C13H13N3OS. The number of rotatable bonds is 2. The molecule has 0 radical (unpaired) electrons. The molecule has 1 N–H and O–H groups in total. The molecule has 2 aliphatic rings. The number of amidine groups is 1. The summed E-state index contributed by atoms with van der Waals surface area (Å²) in [6, 6.07) is 9.69. The maximum Gasteiger partial charge on any atom is 0.163 e. The minimum absolute atomic E-state index is 0.597. The number of fused-ring (bicyclic) bond motifs is 1. The van der Waals surface area contributed by atoms with Gasteiger partial charge in [0, 0.05) is 23.6 Å². The van der Waals surface area contributed by atoms with E-state index in [4.69, 9.17) is 5.21 Å². The number of hydrogen-bond acceptors (Lipinski definition) is 5. The van der Waals surface area contributed by atoms with Gasteiger partial charge in [0.1, 0.15) is 5.71 Å². The standard InChI is InChI=1S/C13H13N3OS/c17-15-12(10-4-2-1-3-5-10)8-11-9-18-13-14-6-7-16(11)13/h1-5,8,17H,6-7,9H2/b11-8+,15-12-. The van der Waals surface area contributed by atoms with Crippen LogP contribution in [0, 0.1) is 0 Å². The van der Waals surface area contributed by atoms with Gasteiger partial charge in [0.25, 0.3) is 0 Å². The zero-order valence-corrected chi connectivity index (χ0v) is 10.6. The zero-order valence-electron chi connectivity index (χ0n) is 9.78. The van der Waals surface area contributed by atoms with Crippen LogP contribution in [0.5, 0.6) is 0 Å². The molecular weight excluding hydrogens is 246 g/mol. The SMILES string of the molecule is O/N=C(/C=C1\CSC2=NCCN21)c1ccccc1. The molecule has 18 heavy (non-hydrogen) atoms. The molecule has 1 fully saturated rings. The van der Waals surface area contributed by atoms with Crippen molar-refractivity contribution in [3.63, 3.8) is 0 Å². The predicted octanol–water partition coefficient (Wildman–Crippen LogP) is 2.17. The molecule has 1 aromatic rings. The van der Waals surface area contributed by atoms with Crippen LogP contribution in [0.15, 0.2) is 52.3 Å². The van der Waals surface area contributed by atoms with E-state index in [9.17, 15) is 0 Å². The molecule has 2 heterocycles. The summed E-state index contributed by atoms with van der Waals surface area (Å²) in [4.78, 5) is 6.61. The number of hydrogen-bond donors (Lipinski definition) is 1. The van der Waals surface area contributed by atoms with Gasteiger partial charge in [-0.1, -0.05) is 47.2 Å². The highest BCUT2D eigenvalue weighted by molar-refractivity contribution is 8.14. The second-order valence-electron chi connectivity index (χ2n) is 4.09. The lowest BCUT2D eigenvalue weighted by Crippen LogP contribution is -2.20. The number of oxime groups is 1. The Bertz CT molecular complexity index is 536. The summed E-state index contributed by atoms with van der Waals surface area (Å²) in [7, 11) is 0. The van der Waals surface area contributed by atoms with Gasteiger partial charge in [-0.05, 0) is 6.08 Å². The lowest BCUT2D eigenvalue weighted by molar-refractivity contribution is 0.320. The van der Waals surface area contributed by atoms with Crippen LogP contribution in [0.25, 0.3) is 0 Å². The lowest BCUT2D eigenvalue weighted by Gasteiger charge is -2.13. The van der Waals surface area contributed by atoms with Crippen LogP contribution in [0.1, 0.15) is 5.56 Å². The second kappa shape index (κ2) is 4.86. The van der Waals surface area contributed by atoms with Crippen LogP contribution in [0.3, 0.4) is 0 Å². The molecule has 0 aliphatic carbocycles. The minimum atomic E-state index is 0.597. The van der Waals surface area contributed by atoms with Crippen molar-refractivity contribution < 1.29 is 5.21 Å². The van der Waals surface area contributed by atoms with Crippen molar-refractivity contribution in [2.24, 2.45) is 10.1 Å². The highest BCUT2D eigenvalue weighted by Gasteiger charge is 2.28. The maximum atomic E-state index is 9.17. The minimum Gasteiger partial charge on any atom is -0.410 e. The topological polar surface area (TPSA) is 48.2 Å². The average Bonchev–Trinajstić information content (AvgIpc) is 3.01. The number of aliphatic imine (C=N–C) groups is 1. The van der Waals surface area contributed by atoms with Gasteiger partial charge < -0.3 is 10.1 Å². The Morgan fingerprint density at radius 2 is 2.22 bits per heavy atom. The highest BCUT2D eigenvalue weighted by Crippen LogP contribution is 2.30. The van der Waals surface area contributed by atoms with Gasteiger partial charge in [0.05, 0.1) is 6.54 Å². The van der Waals surface area contributed by atoms with E-state index in [1.54, 1.807) is 11.8 Å². The first-order valence-electron chi connectivity index (χ1n) is 5.81. The third kappa shape index (κ3) is 2.01. The fourth-order valence-corrected chi connectivity index (χ4v) is 3.15. The first-order valence-corrected chi connectivity index (χ1v) is 6.80. The number of nitrogens with zero attached hydrogens (tertiary/aromatic N) is 3. The highest BCUT2D eigenvalue weighted by atomic mass is 32.2. The largest absolute Gasteiger partial charge is 0.410 e. The third-order valence-electron chi connectivity index (χ3n) is 2.98. The molecule has 0 saturated carbocycles. The van der Waals surface area contributed by atoms with E-state index in [-0.39, 0.29) is 0 Å². The zero-order chi connectivity index (χ0) is 12.4. The number of benzene rings is 1. The Hall–Kier alpha value is -1.75. The number of allylic oxidation sites excluding steroid dienone is 1. The quantitative estimate of drug-likeness (QED) is 0.503. The molecule has 4 nitrogen and oxygen atoms in total. The summed E-state index contributed by atoms with van der Waals surface area (Å²) in [6.07, 6.45) is 1.94. The Morgan fingerprint density at radius 1 is 1.39 bits per heavy atom. The van der Waals surface area contributed by atoms with Crippen molar-refractivity contribution in [3.8, 4) is 0 Å². The molecule has 0 bridgehead atoms. The van der Waals surface area contributed by atoms with Gasteiger partial charge in [-0.2, -0.15) is 0 Å². The molecule has 0 spiro atoms. The summed E-state index contributed by atoms with van der Waals surface area (Å²) in [6.45, 7) is 1.79. The van der Waals surface area contributed by atoms with E-state index in [0.29, 0.717) is 5.71 Å². The van der Waals surface area contributed by atoms with E-state index in [1.165, 1.54) is 0 Å². The van der Waals surface area contributed by atoms with Crippen LogP contribution in [-0.2, 0) is 0 Å². The van der Waals surface area contributed by atoms with Crippen LogP contribution >= 0.6 is 11.8 Å². The third-order valence-corrected chi connectivity index (χ3v) is 4.03. The Morgan fingerprint density at radius 3 is 3.00 bits per heavy atom. The second-order valence-corrected chi connectivity index (χ2v) is 5.03. The summed E-state index contributed by atoms with van der Waals surface area (Å²) in [5.41, 5.74) is 2.68. The van der Waals surface area contributed by atoms with Crippen molar-refractivity contribution in [1.29, 1.82) is 0 Å². The molecule has 3 rings (SSSR count). The molecule has 0 unspecified atom stereocenters. The predicted molar refractivity (Wildman–Crippen MR) is 74.3 cm³/mol. The fraction of sp³-hybridized carbons (Fsp3) is 0.231. The van der Waals surface area contributed by atoms with Crippen LogP contribution in [0.2, 0.25) is 0 Å². The maximum absolute atomic E-state index is 9.17.